The molecule has 0 saturated carbocycles. The van der Waals surface area contributed by atoms with E-state index in [1.54, 1.807) is 0 Å². The second kappa shape index (κ2) is 6.40. The van der Waals surface area contributed by atoms with E-state index in [2.05, 4.69) is 11.4 Å². The number of nitrogens with two attached hydrogens (primary N) is 1. The first-order chi connectivity index (χ1) is 8.04. The van der Waals surface area contributed by atoms with Crippen LogP contribution in [0.2, 0.25) is 0 Å². The van der Waals surface area contributed by atoms with Crippen LogP contribution in [0.3, 0.4) is 0 Å². The molecule has 0 aliphatic carbocycles. The minimum atomic E-state index is -0.396. The third-order valence-electron chi connectivity index (χ3n) is 2.84. The summed E-state index contributed by atoms with van der Waals surface area (Å²) in [6.45, 7) is 6.04. The standard InChI is InChI=1S/C14H22N2O/c1-4-6-13(15)14(17)16-11(3)12-8-5-7-10(2)9-12/h5,7-9,11,13H,4,6,15H2,1-3H3,(H,16,17)/t11-,13+/m1/s1. The number of nitrogens with one attached hydrogen (secondary N) is 1. The van der Waals surface area contributed by atoms with E-state index in [0.29, 0.717) is 0 Å². The molecule has 0 saturated heterocycles. The van der Waals surface area contributed by atoms with Crippen molar-refractivity contribution in [2.75, 3.05) is 0 Å². The Morgan fingerprint density at radius 3 is 2.76 bits per heavy atom. The monoisotopic (exact) mass is 234 g/mol. The fourth-order valence-corrected chi connectivity index (χ4v) is 1.79. The maximum atomic E-state index is 11.8. The van der Waals surface area contributed by atoms with Gasteiger partial charge in [0.1, 0.15) is 0 Å². The lowest BCUT2D eigenvalue weighted by Crippen LogP contribution is -2.41. The van der Waals surface area contributed by atoms with E-state index >= 15 is 0 Å². The van der Waals surface area contributed by atoms with E-state index in [1.807, 2.05) is 39.0 Å². The molecular formula is C14H22N2O. The number of hydrogen-bond donors (Lipinski definition) is 2. The zero-order chi connectivity index (χ0) is 12.8. The number of rotatable bonds is 5. The Balaban J connectivity index is 2.60. The van der Waals surface area contributed by atoms with E-state index in [9.17, 15) is 4.79 Å². The first-order valence-electron chi connectivity index (χ1n) is 6.17. The van der Waals surface area contributed by atoms with Crippen molar-refractivity contribution in [1.29, 1.82) is 0 Å². The summed E-state index contributed by atoms with van der Waals surface area (Å²) in [5, 5.41) is 2.94. The van der Waals surface area contributed by atoms with E-state index in [0.717, 1.165) is 18.4 Å². The van der Waals surface area contributed by atoms with Gasteiger partial charge in [0.15, 0.2) is 0 Å². The molecule has 0 fully saturated rings. The molecule has 2 atom stereocenters. The Morgan fingerprint density at radius 1 is 1.47 bits per heavy atom. The quantitative estimate of drug-likeness (QED) is 0.821. The van der Waals surface area contributed by atoms with Crippen molar-refractivity contribution < 1.29 is 4.79 Å². The Morgan fingerprint density at radius 2 is 2.18 bits per heavy atom. The second-order valence-corrected chi connectivity index (χ2v) is 4.54. The predicted octanol–water partition coefficient (Wildman–Crippen LogP) is 2.30. The van der Waals surface area contributed by atoms with Gasteiger partial charge in [0.2, 0.25) is 5.91 Å². The number of carbonyl (C=O) groups excluding carboxylic acids is 1. The number of carbonyl (C=O) groups is 1. The summed E-state index contributed by atoms with van der Waals surface area (Å²) in [4.78, 5) is 11.8. The molecule has 0 heterocycles. The van der Waals surface area contributed by atoms with Crippen LogP contribution in [0.25, 0.3) is 0 Å². The largest absolute Gasteiger partial charge is 0.348 e. The average molecular weight is 234 g/mol. The maximum absolute atomic E-state index is 11.8. The maximum Gasteiger partial charge on any atom is 0.237 e. The average Bonchev–Trinajstić information content (AvgIpc) is 2.29. The highest BCUT2D eigenvalue weighted by atomic mass is 16.2. The Labute approximate surface area is 103 Å². The van der Waals surface area contributed by atoms with Crippen molar-refractivity contribution in [1.82, 2.24) is 5.32 Å². The molecule has 0 aliphatic rings. The molecule has 0 aliphatic heterocycles. The lowest BCUT2D eigenvalue weighted by atomic mass is 10.0. The van der Waals surface area contributed by atoms with Gasteiger partial charge in [-0.3, -0.25) is 4.79 Å². The van der Waals surface area contributed by atoms with Gasteiger partial charge in [-0.2, -0.15) is 0 Å². The van der Waals surface area contributed by atoms with Crippen molar-refractivity contribution in [2.45, 2.75) is 45.7 Å². The van der Waals surface area contributed by atoms with Crippen molar-refractivity contribution in [3.63, 3.8) is 0 Å². The normalized spacial score (nSPS) is 14.1. The molecule has 0 aromatic heterocycles. The molecule has 0 radical (unpaired) electrons. The molecule has 3 heteroatoms. The van der Waals surface area contributed by atoms with Crippen molar-refractivity contribution in [2.24, 2.45) is 5.73 Å². The molecular weight excluding hydrogens is 212 g/mol. The Kier molecular flexibility index (Phi) is 5.16. The highest BCUT2D eigenvalue weighted by Crippen LogP contribution is 2.13. The number of hydrogen-bond acceptors (Lipinski definition) is 2. The third kappa shape index (κ3) is 4.19. The smallest absolute Gasteiger partial charge is 0.237 e. The van der Waals surface area contributed by atoms with Crippen LogP contribution in [0, 0.1) is 6.92 Å². The fraction of sp³-hybridized carbons (Fsp3) is 0.500. The van der Waals surface area contributed by atoms with Crippen molar-refractivity contribution in [3.05, 3.63) is 35.4 Å². The summed E-state index contributed by atoms with van der Waals surface area (Å²) in [5.41, 5.74) is 8.08. The van der Waals surface area contributed by atoms with Crippen LogP contribution in [-0.2, 0) is 4.79 Å². The molecule has 94 valence electrons. The van der Waals surface area contributed by atoms with Gasteiger partial charge in [-0.25, -0.2) is 0 Å². The topological polar surface area (TPSA) is 55.1 Å². The molecule has 0 unspecified atom stereocenters. The zero-order valence-corrected chi connectivity index (χ0v) is 10.9. The van der Waals surface area contributed by atoms with Crippen LogP contribution in [0.4, 0.5) is 0 Å². The number of aryl methyl sites for hydroxylation is 1. The van der Waals surface area contributed by atoms with Gasteiger partial charge in [-0.05, 0) is 25.8 Å². The van der Waals surface area contributed by atoms with Gasteiger partial charge in [0, 0.05) is 0 Å². The Bertz CT molecular complexity index is 376. The summed E-state index contributed by atoms with van der Waals surface area (Å²) >= 11 is 0. The zero-order valence-electron chi connectivity index (χ0n) is 10.9. The highest BCUT2D eigenvalue weighted by molar-refractivity contribution is 5.81. The van der Waals surface area contributed by atoms with Gasteiger partial charge in [0.05, 0.1) is 12.1 Å². The van der Waals surface area contributed by atoms with Crippen LogP contribution in [0.1, 0.15) is 43.9 Å². The number of benzene rings is 1. The second-order valence-electron chi connectivity index (χ2n) is 4.54. The molecule has 3 N–H and O–H groups in total. The summed E-state index contributed by atoms with van der Waals surface area (Å²) < 4.78 is 0. The summed E-state index contributed by atoms with van der Waals surface area (Å²) in [6.07, 6.45) is 1.65. The minimum Gasteiger partial charge on any atom is -0.348 e. The first kappa shape index (κ1) is 13.7. The first-order valence-corrected chi connectivity index (χ1v) is 6.17. The van der Waals surface area contributed by atoms with E-state index in [4.69, 9.17) is 5.73 Å². The minimum absolute atomic E-state index is 0.00491. The third-order valence-corrected chi connectivity index (χ3v) is 2.84. The SMILES string of the molecule is CCC[C@H](N)C(=O)N[C@H](C)c1cccc(C)c1. The fourth-order valence-electron chi connectivity index (χ4n) is 1.79. The van der Waals surface area contributed by atoms with Crippen molar-refractivity contribution in [3.8, 4) is 0 Å². The van der Waals surface area contributed by atoms with Gasteiger partial charge >= 0.3 is 0 Å². The van der Waals surface area contributed by atoms with E-state index in [-0.39, 0.29) is 11.9 Å². The molecule has 1 aromatic rings. The molecule has 0 bridgehead atoms. The molecule has 1 amide bonds. The molecule has 17 heavy (non-hydrogen) atoms. The summed E-state index contributed by atoms with van der Waals surface area (Å²) in [6, 6.07) is 7.75. The molecule has 1 rings (SSSR count). The van der Waals surface area contributed by atoms with Gasteiger partial charge in [-0.15, -0.1) is 0 Å². The van der Waals surface area contributed by atoms with Crippen LogP contribution in [0.15, 0.2) is 24.3 Å². The van der Waals surface area contributed by atoms with Gasteiger partial charge < -0.3 is 11.1 Å². The van der Waals surface area contributed by atoms with Crippen LogP contribution < -0.4 is 11.1 Å². The predicted molar refractivity (Wildman–Crippen MR) is 70.6 cm³/mol. The highest BCUT2D eigenvalue weighted by Gasteiger charge is 2.15. The lowest BCUT2D eigenvalue weighted by Gasteiger charge is -2.18. The lowest BCUT2D eigenvalue weighted by molar-refractivity contribution is -0.123. The molecule has 3 nitrogen and oxygen atoms in total. The van der Waals surface area contributed by atoms with Gasteiger partial charge in [-0.1, -0.05) is 43.2 Å². The summed E-state index contributed by atoms with van der Waals surface area (Å²) in [5.74, 6) is -0.0687. The van der Waals surface area contributed by atoms with Crippen LogP contribution in [-0.4, -0.2) is 11.9 Å². The summed E-state index contributed by atoms with van der Waals surface area (Å²) in [7, 11) is 0. The van der Waals surface area contributed by atoms with Crippen molar-refractivity contribution >= 4 is 5.91 Å². The molecule has 1 aromatic carbocycles. The molecule has 0 spiro atoms. The number of amides is 1. The van der Waals surface area contributed by atoms with Gasteiger partial charge in [0.25, 0.3) is 0 Å². The van der Waals surface area contributed by atoms with E-state index in [1.165, 1.54) is 5.56 Å². The van der Waals surface area contributed by atoms with Crippen LogP contribution in [0.5, 0.6) is 0 Å². The Hall–Kier alpha value is -1.35. The van der Waals surface area contributed by atoms with E-state index < -0.39 is 6.04 Å². The van der Waals surface area contributed by atoms with Crippen LogP contribution >= 0.6 is 0 Å².